The van der Waals surface area contributed by atoms with E-state index in [9.17, 15) is 5.11 Å². The molecular formula is C12H13N3O. The molecule has 2 aromatic rings. The highest BCUT2D eigenvalue weighted by atomic mass is 16.3. The fourth-order valence-electron chi connectivity index (χ4n) is 1.59. The maximum Gasteiger partial charge on any atom is 0.123 e. The zero-order chi connectivity index (χ0) is 11.7. The molecule has 0 aliphatic rings. The number of phenols is 1. The molecule has 0 aliphatic heterocycles. The summed E-state index contributed by atoms with van der Waals surface area (Å²) in [6.07, 6.45) is 0. The molecule has 4 nitrogen and oxygen atoms in total. The van der Waals surface area contributed by atoms with E-state index >= 15 is 0 Å². The molecule has 0 spiro atoms. The van der Waals surface area contributed by atoms with Gasteiger partial charge in [0.25, 0.3) is 0 Å². The maximum absolute atomic E-state index is 9.75. The van der Waals surface area contributed by atoms with Crippen molar-refractivity contribution in [3.8, 4) is 16.9 Å². The lowest BCUT2D eigenvalue weighted by molar-refractivity contribution is 0.477. The second-order valence-corrected chi connectivity index (χ2v) is 3.59. The van der Waals surface area contributed by atoms with Crippen LogP contribution in [0.3, 0.4) is 0 Å². The molecule has 2 aromatic carbocycles. The van der Waals surface area contributed by atoms with Gasteiger partial charge in [-0.25, -0.2) is 0 Å². The lowest BCUT2D eigenvalue weighted by atomic mass is 10.0. The molecule has 0 saturated heterocycles. The van der Waals surface area contributed by atoms with E-state index in [0.717, 1.165) is 0 Å². The van der Waals surface area contributed by atoms with Gasteiger partial charge in [0.2, 0.25) is 0 Å². The number of nitrogens with two attached hydrogens (primary N) is 3. The summed E-state index contributed by atoms with van der Waals surface area (Å²) in [5.74, 6) is 0.131. The van der Waals surface area contributed by atoms with Crippen molar-refractivity contribution in [1.29, 1.82) is 0 Å². The number of hydrogen-bond acceptors (Lipinski definition) is 4. The highest BCUT2D eigenvalue weighted by Crippen LogP contribution is 2.36. The van der Waals surface area contributed by atoms with Crippen molar-refractivity contribution in [3.05, 3.63) is 36.4 Å². The third-order valence-electron chi connectivity index (χ3n) is 2.45. The average molecular weight is 215 g/mol. The number of para-hydroxylation sites is 1. The van der Waals surface area contributed by atoms with Crippen molar-refractivity contribution in [3.63, 3.8) is 0 Å². The largest absolute Gasteiger partial charge is 0.507 e. The summed E-state index contributed by atoms with van der Waals surface area (Å²) in [6.45, 7) is 0. The number of anilines is 3. The molecule has 4 heteroatoms. The summed E-state index contributed by atoms with van der Waals surface area (Å²) >= 11 is 0. The molecule has 0 amide bonds. The van der Waals surface area contributed by atoms with E-state index in [2.05, 4.69) is 0 Å². The number of phenolic OH excluding ortho intramolecular Hbond substituents is 1. The molecule has 0 heterocycles. The predicted molar refractivity (Wildman–Crippen MR) is 66.8 cm³/mol. The van der Waals surface area contributed by atoms with E-state index < -0.39 is 0 Å². The van der Waals surface area contributed by atoms with Gasteiger partial charge in [0, 0.05) is 16.8 Å². The Bertz CT molecular complexity index is 538. The SMILES string of the molecule is Nc1ccc(O)c(-c2cccc(N)c2N)c1. The van der Waals surface area contributed by atoms with Crippen LogP contribution in [0.4, 0.5) is 17.1 Å². The van der Waals surface area contributed by atoms with Crippen LogP contribution < -0.4 is 17.2 Å². The van der Waals surface area contributed by atoms with Crippen LogP contribution in [0.2, 0.25) is 0 Å². The first-order valence-electron chi connectivity index (χ1n) is 4.82. The summed E-state index contributed by atoms with van der Waals surface area (Å²) < 4.78 is 0. The quantitative estimate of drug-likeness (QED) is 0.430. The van der Waals surface area contributed by atoms with Gasteiger partial charge in [0.15, 0.2) is 0 Å². The van der Waals surface area contributed by atoms with E-state index in [1.54, 1.807) is 30.3 Å². The van der Waals surface area contributed by atoms with E-state index in [-0.39, 0.29) is 5.75 Å². The van der Waals surface area contributed by atoms with E-state index in [0.29, 0.717) is 28.2 Å². The van der Waals surface area contributed by atoms with Crippen molar-refractivity contribution in [2.24, 2.45) is 0 Å². The standard InChI is InChI=1S/C12H13N3O/c13-7-4-5-11(16)9(6-7)8-2-1-3-10(14)12(8)15/h1-6,16H,13-15H2. The molecule has 0 unspecified atom stereocenters. The molecule has 82 valence electrons. The number of hydrogen-bond donors (Lipinski definition) is 4. The third-order valence-corrected chi connectivity index (χ3v) is 2.45. The lowest BCUT2D eigenvalue weighted by Crippen LogP contribution is -1.97. The predicted octanol–water partition coefficient (Wildman–Crippen LogP) is 1.81. The zero-order valence-electron chi connectivity index (χ0n) is 8.64. The summed E-state index contributed by atoms with van der Waals surface area (Å²) in [7, 11) is 0. The highest BCUT2D eigenvalue weighted by molar-refractivity contribution is 5.87. The molecule has 0 saturated carbocycles. The Morgan fingerprint density at radius 2 is 1.62 bits per heavy atom. The van der Waals surface area contributed by atoms with Gasteiger partial charge in [-0.15, -0.1) is 0 Å². The van der Waals surface area contributed by atoms with Gasteiger partial charge in [-0.3, -0.25) is 0 Å². The molecular weight excluding hydrogens is 202 g/mol. The minimum Gasteiger partial charge on any atom is -0.507 e. The fraction of sp³-hybridized carbons (Fsp3) is 0. The van der Waals surface area contributed by atoms with Gasteiger partial charge in [-0.05, 0) is 24.3 Å². The topological polar surface area (TPSA) is 98.3 Å². The van der Waals surface area contributed by atoms with Crippen molar-refractivity contribution >= 4 is 17.1 Å². The first-order valence-corrected chi connectivity index (χ1v) is 4.82. The summed E-state index contributed by atoms with van der Waals surface area (Å²) in [4.78, 5) is 0. The molecule has 2 rings (SSSR count). The van der Waals surface area contributed by atoms with Gasteiger partial charge >= 0.3 is 0 Å². The number of nitrogen functional groups attached to an aromatic ring is 3. The Morgan fingerprint density at radius 3 is 2.38 bits per heavy atom. The van der Waals surface area contributed by atoms with Crippen LogP contribution in [0.1, 0.15) is 0 Å². The van der Waals surface area contributed by atoms with Crippen molar-refractivity contribution in [2.75, 3.05) is 17.2 Å². The molecule has 0 bridgehead atoms. The van der Waals surface area contributed by atoms with Crippen molar-refractivity contribution in [2.45, 2.75) is 0 Å². The Balaban J connectivity index is 2.67. The van der Waals surface area contributed by atoms with Crippen LogP contribution in [0, 0.1) is 0 Å². The maximum atomic E-state index is 9.75. The second-order valence-electron chi connectivity index (χ2n) is 3.59. The normalized spacial score (nSPS) is 10.2. The molecule has 7 N–H and O–H groups in total. The van der Waals surface area contributed by atoms with Crippen LogP contribution in [0.25, 0.3) is 11.1 Å². The van der Waals surface area contributed by atoms with Gasteiger partial charge in [-0.2, -0.15) is 0 Å². The summed E-state index contributed by atoms with van der Waals surface area (Å²) in [6, 6.07) is 10.1. The minimum absolute atomic E-state index is 0.131. The van der Waals surface area contributed by atoms with Gasteiger partial charge in [-0.1, -0.05) is 12.1 Å². The first kappa shape index (κ1) is 10.2. The fourth-order valence-corrected chi connectivity index (χ4v) is 1.59. The van der Waals surface area contributed by atoms with Crippen LogP contribution in [0.15, 0.2) is 36.4 Å². The summed E-state index contributed by atoms with van der Waals surface area (Å²) in [5, 5.41) is 9.75. The van der Waals surface area contributed by atoms with Crippen LogP contribution in [-0.4, -0.2) is 5.11 Å². The van der Waals surface area contributed by atoms with Crippen LogP contribution in [-0.2, 0) is 0 Å². The summed E-state index contributed by atoms with van der Waals surface area (Å²) in [5.41, 5.74) is 20.0. The van der Waals surface area contributed by atoms with Crippen molar-refractivity contribution < 1.29 is 5.11 Å². The van der Waals surface area contributed by atoms with E-state index in [4.69, 9.17) is 17.2 Å². The Kier molecular flexibility index (Phi) is 2.32. The highest BCUT2D eigenvalue weighted by Gasteiger charge is 2.09. The molecule has 0 aliphatic carbocycles. The van der Waals surface area contributed by atoms with Crippen LogP contribution in [0.5, 0.6) is 5.75 Å². The number of benzene rings is 2. The molecule has 0 aromatic heterocycles. The Hall–Kier alpha value is -2.36. The Morgan fingerprint density at radius 1 is 0.875 bits per heavy atom. The number of rotatable bonds is 1. The van der Waals surface area contributed by atoms with Crippen LogP contribution >= 0.6 is 0 Å². The van der Waals surface area contributed by atoms with Gasteiger partial charge in [0.05, 0.1) is 11.4 Å². The first-order chi connectivity index (χ1) is 7.59. The van der Waals surface area contributed by atoms with Gasteiger partial charge in [0.1, 0.15) is 5.75 Å². The number of aromatic hydroxyl groups is 1. The van der Waals surface area contributed by atoms with Crippen molar-refractivity contribution in [1.82, 2.24) is 0 Å². The smallest absolute Gasteiger partial charge is 0.123 e. The Labute approximate surface area is 93.3 Å². The minimum atomic E-state index is 0.131. The second kappa shape index (κ2) is 3.66. The third kappa shape index (κ3) is 1.61. The monoisotopic (exact) mass is 215 g/mol. The van der Waals surface area contributed by atoms with Gasteiger partial charge < -0.3 is 22.3 Å². The zero-order valence-corrected chi connectivity index (χ0v) is 8.64. The lowest BCUT2D eigenvalue weighted by Gasteiger charge is -2.10. The average Bonchev–Trinajstić information content (AvgIpc) is 2.26. The molecule has 0 fully saturated rings. The molecule has 0 atom stereocenters. The van der Waals surface area contributed by atoms with E-state index in [1.165, 1.54) is 6.07 Å². The molecule has 16 heavy (non-hydrogen) atoms. The van der Waals surface area contributed by atoms with E-state index in [1.807, 2.05) is 0 Å². The molecule has 0 radical (unpaired) electrons.